The summed E-state index contributed by atoms with van der Waals surface area (Å²) in [5.74, 6) is 7.01. The smallest absolute Gasteiger partial charge is 0.221 e. The number of nitrogens with zero attached hydrogens (tertiary/aromatic N) is 16. The number of oxazole rings is 1. The molecule has 10 aromatic heterocycles. The number of methoxy groups -OCH3 is 1. The molecule has 149 heavy (non-hydrogen) atoms. The molecule has 0 fully saturated rings. The Kier molecular flexibility index (Phi) is 47.6. The Hall–Kier alpha value is -8.15. The van der Waals surface area contributed by atoms with Gasteiger partial charge < -0.3 is 18.1 Å². The minimum atomic E-state index is -0.0590. The van der Waals surface area contributed by atoms with Crippen molar-refractivity contribution in [1.29, 1.82) is 0 Å². The molecule has 0 aliphatic rings. The molecule has 20 nitrogen and oxygen atoms in total. The minimum absolute atomic E-state index is 0.00347. The van der Waals surface area contributed by atoms with Crippen LogP contribution in [0.5, 0.6) is 5.75 Å². The summed E-state index contributed by atoms with van der Waals surface area (Å²) in [6, 6.07) is 17.1. The van der Waals surface area contributed by atoms with E-state index in [1.807, 2.05) is 53.2 Å². The van der Waals surface area contributed by atoms with Crippen LogP contribution in [0.1, 0.15) is 573 Å². The summed E-state index contributed by atoms with van der Waals surface area (Å²) in [5, 5.41) is 38.1. The lowest BCUT2D eigenvalue weighted by Crippen LogP contribution is -2.22. The Balaban J connectivity index is 0.000000820. The van der Waals surface area contributed by atoms with Crippen LogP contribution >= 0.6 is 34.2 Å². The standard InChI is InChI=1S/C15H24O.C13H21N.2C12H20N2.C11H20N2.2C11H19NO.C11H19NS.C10H18N2O.2C10H18N2S/c1-14(2,3)11-8-9-12(15(4,5)6)13(10-11)16-7;1-12(2,3)10-7-8-11(14-9-10)13(4,5)6;1-11(2,3)9-7-13-10(14-8-9)12(4,5)6;1-11(2,3)9-7-8-10(14-13-9)12(4,5)6;1-10(2,3)9-7-12-13(8-9)11(4,5)6;1-10(2,3)8-7-12-9(13-8)11(4,5)6;1-10(2,3)8-7-9(13-12-8)11(4,5)6;1-10(2,3)8-7-12-9(13-8)11(4,5)6;2*1-9(2,3)7-11-12-8(13-7)10(4,5)6;1-9(2,3)7-11-8(13-12-7)10(4,5)6/h8-10H,1-7H3;7-9H,1-6H3;2*7-8H,1-6H3;7-8H,1-6H3;3*7H,1-6H3;3*1-6H3. The van der Waals surface area contributed by atoms with E-state index in [2.05, 4.69) is 587 Å². The summed E-state index contributed by atoms with van der Waals surface area (Å²) < 4.78 is 28.5. The third kappa shape index (κ3) is 49.4. The number of ether oxygens (including phenoxy) is 1. The van der Waals surface area contributed by atoms with Crippen LogP contribution in [0.2, 0.25) is 0 Å². The highest BCUT2D eigenvalue weighted by Crippen LogP contribution is 2.40. The van der Waals surface area contributed by atoms with E-state index in [0.717, 1.165) is 72.6 Å². The quantitative estimate of drug-likeness (QED) is 0.148. The van der Waals surface area contributed by atoms with Gasteiger partial charge in [0.15, 0.2) is 5.89 Å². The number of hydrogen-bond donors (Lipinski definition) is 0. The Bertz CT molecular complexity index is 4680. The number of aromatic nitrogens is 16. The first-order chi connectivity index (χ1) is 65.8. The zero-order valence-corrected chi connectivity index (χ0v) is 110. The zero-order valence-electron chi connectivity index (χ0n) is 108. The van der Waals surface area contributed by atoms with Crippen molar-refractivity contribution in [2.45, 2.75) is 576 Å². The first kappa shape index (κ1) is 139. The summed E-state index contributed by atoms with van der Waals surface area (Å²) in [4.78, 5) is 28.0. The summed E-state index contributed by atoms with van der Waals surface area (Å²) in [5.41, 5.74) is 12.9. The first-order valence-electron chi connectivity index (χ1n) is 53.6. The Morgan fingerprint density at radius 2 is 0.638 bits per heavy atom. The van der Waals surface area contributed by atoms with Crippen LogP contribution < -0.4 is 4.74 Å². The van der Waals surface area contributed by atoms with Crippen molar-refractivity contribution >= 4 is 34.2 Å². The fourth-order valence-electron chi connectivity index (χ4n) is 11.8. The maximum absolute atomic E-state index is 5.70. The molecule has 23 heteroatoms. The molecule has 0 radical (unpaired) electrons. The number of rotatable bonds is 1. The molecule has 10 heterocycles. The highest BCUT2D eigenvalue weighted by Gasteiger charge is 2.34. The van der Waals surface area contributed by atoms with Crippen LogP contribution in [0.4, 0.5) is 0 Å². The second kappa shape index (κ2) is 51.0. The zero-order chi connectivity index (χ0) is 117. The van der Waals surface area contributed by atoms with Crippen molar-refractivity contribution in [3.63, 3.8) is 0 Å². The molecule has 0 aliphatic carbocycles. The van der Waals surface area contributed by atoms with Gasteiger partial charge in [0.05, 0.1) is 47.1 Å². The maximum atomic E-state index is 5.70. The van der Waals surface area contributed by atoms with Crippen molar-refractivity contribution in [2.75, 3.05) is 7.11 Å². The van der Waals surface area contributed by atoms with Crippen LogP contribution in [0.3, 0.4) is 0 Å². The van der Waals surface area contributed by atoms with Crippen molar-refractivity contribution in [3.05, 3.63) is 208 Å². The Morgan fingerprint density at radius 1 is 0.255 bits per heavy atom. The molecule has 0 bridgehead atoms. The first-order valence-corrected chi connectivity index (χ1v) is 56.0. The van der Waals surface area contributed by atoms with Gasteiger partial charge in [0, 0.05) is 129 Å². The monoisotopic (exact) mass is 2110 g/mol. The SMILES string of the molecule is CC(C)(C)c1cc(C(C)(C)C)on1.CC(C)(C)c1ccc(C(C)(C)C)nc1.CC(C)(C)c1ccc(C(C)(C)C)nn1.CC(C)(C)c1cnc(C(C)(C)C)nc1.CC(C)(C)c1cnc(C(C)(C)C)o1.CC(C)(C)c1cnc(C(C)(C)C)s1.CC(C)(C)c1cnn(C(C)(C)C)c1.CC(C)(C)c1nnc(C(C)(C)C)o1.CC(C)(C)c1nnc(C(C)(C)C)s1.CC(C)(C)c1nsc(C(C)(C)C)n1.COc1cc(C(C)(C)C)ccc1C(C)(C)C. The summed E-state index contributed by atoms with van der Waals surface area (Å²) in [7, 11) is 1.75. The fraction of sp³-hybridized carbons (Fsp3) is 0.706. The van der Waals surface area contributed by atoms with E-state index in [9.17, 15) is 0 Å². The topological polar surface area (TPSA) is 247 Å². The molecule has 0 aliphatic heterocycles. The Labute approximate surface area is 923 Å². The molecule has 11 aromatic rings. The number of thiazole rings is 1. The van der Waals surface area contributed by atoms with Crippen LogP contribution in [-0.2, 0) is 119 Å². The summed E-state index contributed by atoms with van der Waals surface area (Å²) in [6.07, 6.45) is 13.8. The molecule has 0 saturated carbocycles. The molecule has 1 aromatic carbocycles. The van der Waals surface area contributed by atoms with E-state index in [1.165, 1.54) is 49.2 Å². The molecule has 0 N–H and O–H groups in total. The third-order valence-electron chi connectivity index (χ3n) is 22.7. The van der Waals surface area contributed by atoms with Gasteiger partial charge in [-0.15, -0.1) is 43.1 Å². The summed E-state index contributed by atoms with van der Waals surface area (Å²) >= 11 is 5.08. The fourth-order valence-corrected chi connectivity index (χ4v) is 14.7. The number of pyridine rings is 1. The van der Waals surface area contributed by atoms with Gasteiger partial charge in [0.25, 0.3) is 0 Å². The van der Waals surface area contributed by atoms with Gasteiger partial charge in [-0.3, -0.25) is 9.67 Å². The molecule has 0 atom stereocenters. The van der Waals surface area contributed by atoms with Crippen LogP contribution in [0.25, 0.3) is 0 Å². The lowest BCUT2D eigenvalue weighted by molar-refractivity contribution is 0.319. The van der Waals surface area contributed by atoms with E-state index >= 15 is 0 Å². The average Bonchev–Trinajstić information content (AvgIpc) is 1.82. The van der Waals surface area contributed by atoms with E-state index in [-0.39, 0.29) is 119 Å². The summed E-state index contributed by atoms with van der Waals surface area (Å²) in [6.45, 7) is 142. The van der Waals surface area contributed by atoms with Gasteiger partial charge in [-0.05, 0) is 117 Å². The highest BCUT2D eigenvalue weighted by atomic mass is 32.1. The second-order valence-corrected chi connectivity index (χ2v) is 65.2. The van der Waals surface area contributed by atoms with Crippen molar-refractivity contribution in [1.82, 2.24) is 79.8 Å². The van der Waals surface area contributed by atoms with Gasteiger partial charge in [-0.2, -0.15) is 19.7 Å². The molecule has 0 spiro atoms. The normalized spacial score (nSPS) is 13.2. The van der Waals surface area contributed by atoms with E-state index < -0.39 is 0 Å². The molecule has 0 unspecified atom stereocenters. The largest absolute Gasteiger partial charge is 0.496 e. The Morgan fingerprint density at radius 3 is 0.872 bits per heavy atom. The van der Waals surface area contributed by atoms with Gasteiger partial charge >= 0.3 is 0 Å². The molecule has 11 rings (SSSR count). The lowest BCUT2D eigenvalue weighted by atomic mass is 9.81. The van der Waals surface area contributed by atoms with Crippen LogP contribution in [-0.4, -0.2) is 86.9 Å². The molecule has 842 valence electrons. The molecule has 0 amide bonds. The van der Waals surface area contributed by atoms with E-state index in [1.54, 1.807) is 18.4 Å². The molecular formula is C126H216N16O4S3. The number of benzene rings is 1. The van der Waals surface area contributed by atoms with Crippen molar-refractivity contribution in [2.24, 2.45) is 0 Å². The van der Waals surface area contributed by atoms with Crippen molar-refractivity contribution in [3.8, 4) is 5.75 Å². The van der Waals surface area contributed by atoms with Gasteiger partial charge in [-0.1, -0.05) is 460 Å². The molecular weight excluding hydrogens is 1900 g/mol. The molecule has 0 saturated heterocycles. The maximum Gasteiger partial charge on any atom is 0.221 e. The highest BCUT2D eigenvalue weighted by molar-refractivity contribution is 7.12. The minimum Gasteiger partial charge on any atom is -0.496 e. The number of hydrogen-bond acceptors (Lipinski definition) is 22. The van der Waals surface area contributed by atoms with Gasteiger partial charge in [-0.25, -0.2) is 24.9 Å². The van der Waals surface area contributed by atoms with Gasteiger partial charge in [0.2, 0.25) is 11.8 Å². The van der Waals surface area contributed by atoms with Crippen molar-refractivity contribution < 1.29 is 18.1 Å². The van der Waals surface area contributed by atoms with Crippen LogP contribution in [0, 0.1) is 0 Å². The van der Waals surface area contributed by atoms with Crippen LogP contribution in [0.15, 0.2) is 105 Å². The third-order valence-corrected chi connectivity index (χ3v) is 27.5. The predicted octanol–water partition coefficient (Wildman–Crippen LogP) is 36.3. The van der Waals surface area contributed by atoms with E-state index in [4.69, 9.17) is 18.1 Å². The average molecular weight is 2120 g/mol. The van der Waals surface area contributed by atoms with E-state index in [0.29, 0.717) is 11.8 Å². The lowest BCUT2D eigenvalue weighted by Gasteiger charge is -2.25. The predicted molar refractivity (Wildman–Crippen MR) is 640 cm³/mol. The second-order valence-electron chi connectivity index (χ2n) is 62.4. The van der Waals surface area contributed by atoms with Gasteiger partial charge in [0.1, 0.15) is 43.9 Å².